The lowest BCUT2D eigenvalue weighted by molar-refractivity contribution is -0.124. The van der Waals surface area contributed by atoms with E-state index in [-0.39, 0.29) is 24.2 Å². The molecule has 1 aliphatic carbocycles. The van der Waals surface area contributed by atoms with Crippen molar-refractivity contribution >= 4 is 24.5 Å². The predicted octanol–water partition coefficient (Wildman–Crippen LogP) is 5.63. The molecular formula is C24H41ClN2O4. The molecule has 1 aliphatic rings. The summed E-state index contributed by atoms with van der Waals surface area (Å²) < 4.78 is 0. The number of amides is 1. The third-order valence-corrected chi connectivity index (χ3v) is 5.74. The number of carbonyl (C=O) groups is 2. The van der Waals surface area contributed by atoms with Gasteiger partial charge in [0, 0.05) is 25.6 Å². The van der Waals surface area contributed by atoms with Crippen molar-refractivity contribution in [2.75, 3.05) is 7.05 Å². The number of unbranched alkanes of at least 4 members (excludes halogenated alkanes) is 6. The van der Waals surface area contributed by atoms with Gasteiger partial charge in [0.2, 0.25) is 5.91 Å². The van der Waals surface area contributed by atoms with Crippen LogP contribution in [0.4, 0.5) is 4.79 Å². The van der Waals surface area contributed by atoms with E-state index in [0.717, 1.165) is 25.8 Å². The Morgan fingerprint density at radius 3 is 2.06 bits per heavy atom. The molecule has 2 unspecified atom stereocenters. The van der Waals surface area contributed by atoms with E-state index in [1.54, 1.807) is 7.05 Å². The molecule has 1 aromatic rings. The molecule has 0 aromatic heterocycles. The highest BCUT2D eigenvalue weighted by molar-refractivity contribution is 5.85. The zero-order valence-corrected chi connectivity index (χ0v) is 19.9. The molecular weight excluding hydrogens is 416 g/mol. The second-order valence-corrected chi connectivity index (χ2v) is 8.17. The maximum Gasteiger partial charge on any atom is 0.503 e. The molecule has 2 rings (SSSR count). The topological polar surface area (TPSA) is 98.7 Å². The molecule has 178 valence electrons. The molecule has 0 bridgehead atoms. The van der Waals surface area contributed by atoms with Crippen molar-refractivity contribution in [3.05, 3.63) is 35.4 Å². The van der Waals surface area contributed by atoms with Crippen molar-refractivity contribution in [3.8, 4) is 0 Å². The SMILES string of the molecule is CCCCCCCCCc1ccc(CNC2CCC(C(=O)NC)C2)cc1.Cl.O=C(O)O. The number of benzene rings is 1. The number of carboxylic acid groups (broad SMARTS) is 2. The van der Waals surface area contributed by atoms with Crippen molar-refractivity contribution in [3.63, 3.8) is 0 Å². The van der Waals surface area contributed by atoms with Crippen LogP contribution in [0.15, 0.2) is 24.3 Å². The highest BCUT2D eigenvalue weighted by atomic mass is 35.5. The smallest absolute Gasteiger partial charge is 0.450 e. The van der Waals surface area contributed by atoms with E-state index >= 15 is 0 Å². The van der Waals surface area contributed by atoms with Gasteiger partial charge in [-0.2, -0.15) is 0 Å². The lowest BCUT2D eigenvalue weighted by Crippen LogP contribution is -2.29. The molecule has 2 atom stereocenters. The normalized spacial score (nSPS) is 17.2. The van der Waals surface area contributed by atoms with Crippen molar-refractivity contribution < 1.29 is 19.8 Å². The van der Waals surface area contributed by atoms with Gasteiger partial charge in [0.25, 0.3) is 0 Å². The summed E-state index contributed by atoms with van der Waals surface area (Å²) in [7, 11) is 1.73. The fourth-order valence-corrected chi connectivity index (χ4v) is 3.98. The molecule has 0 aliphatic heterocycles. The maximum atomic E-state index is 11.7. The number of nitrogens with one attached hydrogen (secondary N) is 2. The van der Waals surface area contributed by atoms with Crippen LogP contribution in [0.5, 0.6) is 0 Å². The molecule has 1 fully saturated rings. The molecule has 31 heavy (non-hydrogen) atoms. The average Bonchev–Trinajstić information content (AvgIpc) is 3.20. The minimum absolute atomic E-state index is 0. The summed E-state index contributed by atoms with van der Waals surface area (Å²) in [5.41, 5.74) is 2.81. The monoisotopic (exact) mass is 456 g/mol. The molecule has 1 aromatic carbocycles. The van der Waals surface area contributed by atoms with Gasteiger partial charge in [-0.25, -0.2) is 4.79 Å². The highest BCUT2D eigenvalue weighted by Gasteiger charge is 2.28. The first-order chi connectivity index (χ1) is 14.5. The van der Waals surface area contributed by atoms with E-state index in [2.05, 4.69) is 41.8 Å². The average molecular weight is 457 g/mol. The third-order valence-electron chi connectivity index (χ3n) is 5.74. The van der Waals surface area contributed by atoms with Crippen LogP contribution >= 0.6 is 12.4 Å². The Labute approximate surface area is 193 Å². The highest BCUT2D eigenvalue weighted by Crippen LogP contribution is 2.25. The number of hydrogen-bond acceptors (Lipinski definition) is 3. The molecule has 4 N–H and O–H groups in total. The quantitative estimate of drug-likeness (QED) is 0.305. The Morgan fingerprint density at radius 1 is 0.935 bits per heavy atom. The van der Waals surface area contributed by atoms with Crippen LogP contribution in [-0.2, 0) is 17.8 Å². The second kappa shape index (κ2) is 17.8. The number of aryl methyl sites for hydroxylation is 1. The van der Waals surface area contributed by atoms with Crippen LogP contribution < -0.4 is 10.6 Å². The van der Waals surface area contributed by atoms with Crippen molar-refractivity contribution in [1.82, 2.24) is 10.6 Å². The summed E-state index contributed by atoms with van der Waals surface area (Å²) in [6.07, 6.45) is 12.0. The van der Waals surface area contributed by atoms with Crippen molar-refractivity contribution in [1.29, 1.82) is 0 Å². The van der Waals surface area contributed by atoms with Crippen LogP contribution in [-0.4, -0.2) is 35.4 Å². The fraction of sp³-hybridized carbons (Fsp3) is 0.667. The Kier molecular flexibility index (Phi) is 16.8. The first-order valence-corrected chi connectivity index (χ1v) is 11.4. The first-order valence-electron chi connectivity index (χ1n) is 11.4. The summed E-state index contributed by atoms with van der Waals surface area (Å²) in [5, 5.41) is 20.3. The lowest BCUT2D eigenvalue weighted by atomic mass is 10.0. The largest absolute Gasteiger partial charge is 0.503 e. The van der Waals surface area contributed by atoms with Crippen molar-refractivity contribution in [2.24, 2.45) is 5.92 Å². The van der Waals surface area contributed by atoms with Gasteiger partial charge in [-0.15, -0.1) is 12.4 Å². The minimum atomic E-state index is -1.83. The summed E-state index contributed by atoms with van der Waals surface area (Å²) in [6, 6.07) is 9.57. The second-order valence-electron chi connectivity index (χ2n) is 8.17. The molecule has 1 amide bonds. The van der Waals surface area contributed by atoms with Gasteiger partial charge in [-0.3, -0.25) is 4.79 Å². The Hall–Kier alpha value is -1.79. The van der Waals surface area contributed by atoms with Gasteiger partial charge in [0.15, 0.2) is 0 Å². The number of hydrogen-bond donors (Lipinski definition) is 4. The van der Waals surface area contributed by atoms with Gasteiger partial charge >= 0.3 is 6.16 Å². The third kappa shape index (κ3) is 14.0. The number of rotatable bonds is 12. The first kappa shape index (κ1) is 29.2. The van der Waals surface area contributed by atoms with E-state index in [9.17, 15) is 4.79 Å². The van der Waals surface area contributed by atoms with E-state index < -0.39 is 6.16 Å². The maximum absolute atomic E-state index is 11.7. The van der Waals surface area contributed by atoms with Crippen LogP contribution in [0.3, 0.4) is 0 Å². The molecule has 7 heteroatoms. The standard InChI is InChI=1S/C23H38N2O.CH2O3.ClH/c1-3-4-5-6-7-8-9-10-19-11-13-20(14-12-19)18-25-22-16-15-21(17-22)23(26)24-2;2-1(3)4;/h11-14,21-22,25H,3-10,15-18H2,1-2H3,(H,24,26);(H2,2,3,4);1H. The van der Waals surface area contributed by atoms with Gasteiger partial charge in [0.05, 0.1) is 0 Å². The zero-order chi connectivity index (χ0) is 22.2. The number of halogens is 1. The number of carbonyl (C=O) groups excluding carboxylic acids is 1. The van der Waals surface area contributed by atoms with Gasteiger partial charge in [-0.1, -0.05) is 69.7 Å². The Balaban J connectivity index is 0.00000165. The van der Waals surface area contributed by atoms with Gasteiger partial charge < -0.3 is 20.8 Å². The van der Waals surface area contributed by atoms with Crippen molar-refractivity contribution in [2.45, 2.75) is 90.1 Å². The summed E-state index contributed by atoms with van der Waals surface area (Å²) in [4.78, 5) is 20.3. The van der Waals surface area contributed by atoms with Gasteiger partial charge in [0.1, 0.15) is 0 Å². The Bertz CT molecular complexity index is 606. The van der Waals surface area contributed by atoms with Crippen LogP contribution in [0.25, 0.3) is 0 Å². The summed E-state index contributed by atoms with van der Waals surface area (Å²) >= 11 is 0. The van der Waals surface area contributed by atoms with E-state index in [4.69, 9.17) is 15.0 Å². The van der Waals surface area contributed by atoms with E-state index in [1.165, 1.54) is 62.5 Å². The zero-order valence-electron chi connectivity index (χ0n) is 19.1. The molecule has 0 heterocycles. The molecule has 0 radical (unpaired) electrons. The summed E-state index contributed by atoms with van der Waals surface area (Å²) in [5.74, 6) is 0.394. The van der Waals surface area contributed by atoms with Crippen LogP contribution in [0.2, 0.25) is 0 Å². The molecule has 0 spiro atoms. The Morgan fingerprint density at radius 2 is 1.48 bits per heavy atom. The lowest BCUT2D eigenvalue weighted by Gasteiger charge is -2.13. The summed E-state index contributed by atoms with van der Waals surface area (Å²) in [6.45, 7) is 3.18. The van der Waals surface area contributed by atoms with Gasteiger partial charge in [-0.05, 0) is 43.2 Å². The molecule has 0 saturated heterocycles. The van der Waals surface area contributed by atoms with Crippen LogP contribution in [0.1, 0.15) is 82.3 Å². The predicted molar refractivity (Wildman–Crippen MR) is 128 cm³/mol. The minimum Gasteiger partial charge on any atom is -0.450 e. The van der Waals surface area contributed by atoms with E-state index in [0.29, 0.717) is 6.04 Å². The molecule has 6 nitrogen and oxygen atoms in total. The fourth-order valence-electron chi connectivity index (χ4n) is 3.98. The van der Waals surface area contributed by atoms with Crippen LogP contribution in [0, 0.1) is 5.92 Å². The van der Waals surface area contributed by atoms with E-state index in [1.807, 2.05) is 0 Å². The molecule has 1 saturated carbocycles.